The van der Waals surface area contributed by atoms with Crippen LogP contribution in [0.4, 0.5) is 11.4 Å². The fourth-order valence-corrected chi connectivity index (χ4v) is 1.68. The topological polar surface area (TPSA) is 108 Å². The molecule has 0 radical (unpaired) electrons. The zero-order valence-electron chi connectivity index (χ0n) is 7.54. The van der Waals surface area contributed by atoms with Crippen molar-refractivity contribution in [1.82, 2.24) is 5.09 Å². The number of nitrogens with two attached hydrogens (primary N) is 1. The standard InChI is InChI=1S/C7H10N3O3PS/c8-5-3-1-2-4-6(5)9-7(15)10-14(11,12)13/h1-4H,8H2,(H4,9,10,11,12,13,15). The van der Waals surface area contributed by atoms with E-state index < -0.39 is 7.75 Å². The predicted molar refractivity (Wildman–Crippen MR) is 62.3 cm³/mol. The lowest BCUT2D eigenvalue weighted by molar-refractivity contribution is 0.367. The van der Waals surface area contributed by atoms with Crippen LogP contribution in [0.15, 0.2) is 24.3 Å². The van der Waals surface area contributed by atoms with Crippen LogP contribution < -0.4 is 16.1 Å². The average molecular weight is 247 g/mol. The first-order chi connectivity index (χ1) is 6.88. The maximum atomic E-state index is 10.5. The van der Waals surface area contributed by atoms with E-state index in [0.29, 0.717) is 11.4 Å². The molecule has 1 rings (SSSR count). The molecule has 0 aromatic heterocycles. The first-order valence-corrected chi connectivity index (χ1v) is 5.90. The van der Waals surface area contributed by atoms with Gasteiger partial charge in [0, 0.05) is 0 Å². The molecule has 0 unspecified atom stereocenters. The summed E-state index contributed by atoms with van der Waals surface area (Å²) < 4.78 is 10.5. The van der Waals surface area contributed by atoms with E-state index in [0.717, 1.165) is 0 Å². The van der Waals surface area contributed by atoms with Gasteiger partial charge in [0.2, 0.25) is 0 Å². The molecule has 0 aliphatic rings. The van der Waals surface area contributed by atoms with Crippen molar-refractivity contribution in [3.63, 3.8) is 0 Å². The summed E-state index contributed by atoms with van der Waals surface area (Å²) in [4.78, 5) is 17.2. The highest BCUT2D eigenvalue weighted by molar-refractivity contribution is 7.81. The quantitative estimate of drug-likeness (QED) is 0.296. The fourth-order valence-electron chi connectivity index (χ4n) is 0.893. The van der Waals surface area contributed by atoms with E-state index >= 15 is 0 Å². The van der Waals surface area contributed by atoms with Gasteiger partial charge in [0.15, 0.2) is 5.11 Å². The van der Waals surface area contributed by atoms with E-state index in [9.17, 15) is 4.57 Å². The van der Waals surface area contributed by atoms with E-state index in [1.165, 1.54) is 0 Å². The van der Waals surface area contributed by atoms with E-state index in [1.54, 1.807) is 24.3 Å². The molecule has 6 nitrogen and oxygen atoms in total. The summed E-state index contributed by atoms with van der Waals surface area (Å²) in [6.07, 6.45) is 0. The van der Waals surface area contributed by atoms with Gasteiger partial charge in [0.05, 0.1) is 11.4 Å². The molecule has 0 amide bonds. The highest BCUT2D eigenvalue weighted by Gasteiger charge is 2.14. The van der Waals surface area contributed by atoms with Gasteiger partial charge in [0.25, 0.3) is 0 Å². The number of para-hydroxylation sites is 2. The predicted octanol–water partition coefficient (Wildman–Crippen LogP) is 0.648. The Kier molecular flexibility index (Phi) is 3.65. The van der Waals surface area contributed by atoms with Crippen LogP contribution in [0, 0.1) is 0 Å². The molecule has 0 atom stereocenters. The second-order valence-corrected chi connectivity index (χ2v) is 4.42. The van der Waals surface area contributed by atoms with Crippen LogP contribution in [-0.4, -0.2) is 14.9 Å². The van der Waals surface area contributed by atoms with Gasteiger partial charge in [-0.15, -0.1) is 0 Å². The van der Waals surface area contributed by atoms with Crippen molar-refractivity contribution < 1.29 is 14.4 Å². The summed E-state index contributed by atoms with van der Waals surface area (Å²) in [7, 11) is -4.37. The van der Waals surface area contributed by atoms with Crippen LogP contribution in [0.25, 0.3) is 0 Å². The Hall–Kier alpha value is -1.14. The van der Waals surface area contributed by atoms with Crippen molar-refractivity contribution in [3.05, 3.63) is 24.3 Å². The smallest absolute Gasteiger partial charge is 0.397 e. The molecule has 0 spiro atoms. The van der Waals surface area contributed by atoms with Crippen LogP contribution in [0.5, 0.6) is 0 Å². The van der Waals surface area contributed by atoms with Gasteiger partial charge in [-0.25, -0.2) is 4.57 Å². The number of nitrogens with one attached hydrogen (secondary N) is 2. The summed E-state index contributed by atoms with van der Waals surface area (Å²) >= 11 is 4.67. The second-order valence-electron chi connectivity index (χ2n) is 2.70. The molecule has 15 heavy (non-hydrogen) atoms. The lowest BCUT2D eigenvalue weighted by Crippen LogP contribution is -2.25. The minimum atomic E-state index is -4.37. The van der Waals surface area contributed by atoms with Gasteiger partial charge in [0.1, 0.15) is 0 Å². The minimum absolute atomic E-state index is 0.179. The summed E-state index contributed by atoms with van der Waals surface area (Å²) in [6, 6.07) is 6.74. The van der Waals surface area contributed by atoms with Gasteiger partial charge in [-0.05, 0) is 24.4 Å². The molecule has 0 heterocycles. The molecule has 1 aromatic rings. The Balaban J connectivity index is 2.68. The highest BCUT2D eigenvalue weighted by atomic mass is 32.1. The van der Waals surface area contributed by atoms with E-state index in [4.69, 9.17) is 15.5 Å². The molecule has 0 fully saturated rings. The van der Waals surface area contributed by atoms with E-state index in [1.807, 2.05) is 5.09 Å². The Morgan fingerprint density at radius 3 is 2.53 bits per heavy atom. The van der Waals surface area contributed by atoms with Crippen molar-refractivity contribution >= 4 is 36.5 Å². The third-order valence-corrected chi connectivity index (χ3v) is 2.33. The molecule has 0 saturated heterocycles. The summed E-state index contributed by atoms with van der Waals surface area (Å²) in [5.74, 6) is 0. The Bertz CT molecular complexity index is 420. The van der Waals surface area contributed by atoms with Crippen molar-refractivity contribution in [2.75, 3.05) is 11.1 Å². The number of anilines is 2. The van der Waals surface area contributed by atoms with Crippen LogP contribution >= 0.6 is 20.0 Å². The third-order valence-electron chi connectivity index (χ3n) is 1.46. The molecular formula is C7H10N3O3PS. The lowest BCUT2D eigenvalue weighted by atomic mass is 10.3. The van der Waals surface area contributed by atoms with Crippen LogP contribution in [-0.2, 0) is 4.57 Å². The Labute approximate surface area is 91.7 Å². The van der Waals surface area contributed by atoms with Crippen molar-refractivity contribution in [2.45, 2.75) is 0 Å². The number of hydrogen-bond acceptors (Lipinski definition) is 3. The van der Waals surface area contributed by atoms with Gasteiger partial charge in [-0.2, -0.15) is 0 Å². The molecule has 1 aromatic carbocycles. The van der Waals surface area contributed by atoms with Crippen LogP contribution in [0.1, 0.15) is 0 Å². The maximum absolute atomic E-state index is 10.5. The van der Waals surface area contributed by atoms with E-state index in [-0.39, 0.29) is 5.11 Å². The molecule has 0 aliphatic heterocycles. The number of benzene rings is 1. The van der Waals surface area contributed by atoms with E-state index in [2.05, 4.69) is 17.5 Å². The molecule has 6 N–H and O–H groups in total. The van der Waals surface area contributed by atoms with Gasteiger partial charge >= 0.3 is 7.75 Å². The highest BCUT2D eigenvalue weighted by Crippen LogP contribution is 2.28. The number of nitrogen functional groups attached to an aromatic ring is 1. The summed E-state index contributed by atoms with van der Waals surface area (Å²) in [6.45, 7) is 0. The lowest BCUT2D eigenvalue weighted by Gasteiger charge is -2.12. The normalized spacial score (nSPS) is 10.8. The largest absolute Gasteiger partial charge is 0.429 e. The molecular weight excluding hydrogens is 237 g/mol. The van der Waals surface area contributed by atoms with Gasteiger partial charge < -0.3 is 20.8 Å². The monoisotopic (exact) mass is 247 g/mol. The molecule has 82 valence electrons. The first-order valence-electron chi connectivity index (χ1n) is 3.88. The molecule has 0 bridgehead atoms. The van der Waals surface area contributed by atoms with Crippen molar-refractivity contribution in [2.24, 2.45) is 0 Å². The second kappa shape index (κ2) is 4.59. The first kappa shape index (κ1) is 11.9. The number of hydrogen-bond donors (Lipinski definition) is 5. The van der Waals surface area contributed by atoms with Crippen LogP contribution in [0.3, 0.4) is 0 Å². The number of thiocarbonyl (C=S) groups is 1. The van der Waals surface area contributed by atoms with Gasteiger partial charge in [-0.3, -0.25) is 5.09 Å². The number of rotatable bonds is 2. The molecule has 8 heteroatoms. The third kappa shape index (κ3) is 4.26. The maximum Gasteiger partial charge on any atom is 0.429 e. The minimum Gasteiger partial charge on any atom is -0.397 e. The van der Waals surface area contributed by atoms with Crippen molar-refractivity contribution in [1.29, 1.82) is 0 Å². The zero-order chi connectivity index (χ0) is 11.5. The Morgan fingerprint density at radius 2 is 2.00 bits per heavy atom. The summed E-state index contributed by atoms with van der Waals surface area (Å²) in [5.41, 5.74) is 6.52. The summed E-state index contributed by atoms with van der Waals surface area (Å²) in [5, 5.41) is 4.22. The Morgan fingerprint density at radius 1 is 1.40 bits per heavy atom. The SMILES string of the molecule is Nc1ccccc1NC(=S)NP(=O)(O)O. The van der Waals surface area contributed by atoms with Gasteiger partial charge in [-0.1, -0.05) is 12.1 Å². The molecule has 0 aliphatic carbocycles. The molecule has 0 saturated carbocycles. The zero-order valence-corrected chi connectivity index (χ0v) is 9.26. The van der Waals surface area contributed by atoms with Crippen LogP contribution in [0.2, 0.25) is 0 Å². The fraction of sp³-hybridized carbons (Fsp3) is 0. The van der Waals surface area contributed by atoms with Crippen molar-refractivity contribution in [3.8, 4) is 0 Å². The average Bonchev–Trinajstić information content (AvgIpc) is 2.05.